The molecule has 7 nitrogen and oxygen atoms in total. The van der Waals surface area contributed by atoms with Crippen molar-refractivity contribution in [3.8, 4) is 0 Å². The van der Waals surface area contributed by atoms with Crippen LogP contribution < -0.4 is 5.69 Å². The third-order valence-corrected chi connectivity index (χ3v) is 6.92. The Morgan fingerprint density at radius 3 is 2.83 bits per heavy atom. The second-order valence-electron chi connectivity index (χ2n) is 9.00. The van der Waals surface area contributed by atoms with Crippen LogP contribution in [0.3, 0.4) is 0 Å². The number of rotatable bonds is 6. The first-order chi connectivity index (χ1) is 14.7. The molecule has 1 saturated heterocycles. The molecular weight excluding hydrogens is 376 g/mol. The second kappa shape index (κ2) is 8.38. The van der Waals surface area contributed by atoms with E-state index in [0.717, 1.165) is 50.3 Å². The average Bonchev–Trinajstić information content (AvgIpc) is 3.48. The number of likely N-dealkylation sites (tertiary alicyclic amines) is 1. The molecule has 30 heavy (non-hydrogen) atoms. The van der Waals surface area contributed by atoms with E-state index in [4.69, 9.17) is 0 Å². The van der Waals surface area contributed by atoms with Crippen LogP contribution in [0, 0.1) is 5.92 Å². The summed E-state index contributed by atoms with van der Waals surface area (Å²) in [6.07, 6.45) is 13.3. The lowest BCUT2D eigenvalue weighted by atomic mass is 9.89. The molecule has 0 N–H and O–H groups in total. The first-order valence-corrected chi connectivity index (χ1v) is 11.5. The monoisotopic (exact) mass is 408 g/mol. The van der Waals surface area contributed by atoms with Crippen molar-refractivity contribution in [2.45, 2.75) is 71.1 Å². The van der Waals surface area contributed by atoms with Gasteiger partial charge in [0.1, 0.15) is 0 Å². The summed E-state index contributed by atoms with van der Waals surface area (Å²) >= 11 is 0. The molecule has 0 bridgehead atoms. The molecule has 0 spiro atoms. The normalized spacial score (nSPS) is 21.0. The van der Waals surface area contributed by atoms with Crippen molar-refractivity contribution in [1.29, 1.82) is 0 Å². The predicted octanol–water partition coefficient (Wildman–Crippen LogP) is 3.44. The van der Waals surface area contributed by atoms with Gasteiger partial charge >= 0.3 is 5.69 Å². The fourth-order valence-electron chi connectivity index (χ4n) is 5.33. The van der Waals surface area contributed by atoms with Crippen molar-refractivity contribution in [2.24, 2.45) is 5.92 Å². The zero-order valence-electron chi connectivity index (χ0n) is 17.9. The molecule has 0 aromatic carbocycles. The summed E-state index contributed by atoms with van der Waals surface area (Å²) in [4.78, 5) is 20.6. The lowest BCUT2D eigenvalue weighted by molar-refractivity contribution is 0.309. The fourth-order valence-corrected chi connectivity index (χ4v) is 5.33. The van der Waals surface area contributed by atoms with Crippen LogP contribution in [0.2, 0.25) is 0 Å². The Morgan fingerprint density at radius 1 is 1.17 bits per heavy atom. The SMILES string of the molecule is CCn1cc(CN2CC[C@@H](n3c(=O)n(CC4CCCCC4)c4cccnc43)C2)cn1. The molecule has 0 amide bonds. The number of imidazole rings is 1. The van der Waals surface area contributed by atoms with Gasteiger partial charge in [0, 0.05) is 50.7 Å². The van der Waals surface area contributed by atoms with E-state index in [2.05, 4.69) is 34.2 Å². The van der Waals surface area contributed by atoms with Gasteiger partial charge in [-0.05, 0) is 44.2 Å². The van der Waals surface area contributed by atoms with E-state index in [-0.39, 0.29) is 11.7 Å². The molecule has 2 aliphatic rings. The summed E-state index contributed by atoms with van der Waals surface area (Å²) in [7, 11) is 0. The number of hydrogen-bond donors (Lipinski definition) is 0. The Balaban J connectivity index is 1.39. The van der Waals surface area contributed by atoms with Crippen LogP contribution in [0.4, 0.5) is 0 Å². The van der Waals surface area contributed by atoms with E-state index in [1.165, 1.54) is 37.7 Å². The second-order valence-corrected chi connectivity index (χ2v) is 9.00. The minimum atomic E-state index is 0.125. The third kappa shape index (κ3) is 3.71. The Kier molecular flexibility index (Phi) is 5.46. The van der Waals surface area contributed by atoms with Gasteiger partial charge in [-0.15, -0.1) is 0 Å². The van der Waals surface area contributed by atoms with Crippen LogP contribution in [0.1, 0.15) is 57.1 Å². The highest BCUT2D eigenvalue weighted by Gasteiger charge is 2.29. The van der Waals surface area contributed by atoms with Crippen LogP contribution in [-0.2, 0) is 19.6 Å². The maximum Gasteiger partial charge on any atom is 0.330 e. The van der Waals surface area contributed by atoms with E-state index in [9.17, 15) is 4.79 Å². The molecule has 5 rings (SSSR count). The molecule has 1 aliphatic heterocycles. The van der Waals surface area contributed by atoms with Gasteiger partial charge < -0.3 is 0 Å². The lowest BCUT2D eigenvalue weighted by Gasteiger charge is -2.21. The summed E-state index contributed by atoms with van der Waals surface area (Å²) < 4.78 is 5.95. The molecule has 0 unspecified atom stereocenters. The van der Waals surface area contributed by atoms with Crippen molar-refractivity contribution in [2.75, 3.05) is 13.1 Å². The largest absolute Gasteiger partial charge is 0.330 e. The van der Waals surface area contributed by atoms with Crippen LogP contribution >= 0.6 is 0 Å². The Bertz CT molecular complexity index is 1060. The number of aromatic nitrogens is 5. The zero-order valence-corrected chi connectivity index (χ0v) is 17.9. The predicted molar refractivity (Wildman–Crippen MR) is 117 cm³/mol. The van der Waals surface area contributed by atoms with Crippen LogP contribution in [0.5, 0.6) is 0 Å². The molecule has 2 fully saturated rings. The average molecular weight is 409 g/mol. The van der Waals surface area contributed by atoms with Gasteiger partial charge in [-0.1, -0.05) is 19.3 Å². The summed E-state index contributed by atoms with van der Waals surface area (Å²) in [5, 5.41) is 4.39. The maximum atomic E-state index is 13.5. The zero-order chi connectivity index (χ0) is 20.5. The van der Waals surface area contributed by atoms with Gasteiger partial charge in [-0.3, -0.25) is 18.7 Å². The quantitative estimate of drug-likeness (QED) is 0.627. The summed E-state index contributed by atoms with van der Waals surface area (Å²) in [5.41, 5.74) is 3.21. The van der Waals surface area contributed by atoms with Crippen molar-refractivity contribution >= 4 is 11.2 Å². The van der Waals surface area contributed by atoms with Crippen molar-refractivity contribution in [1.82, 2.24) is 28.8 Å². The van der Waals surface area contributed by atoms with Gasteiger partial charge in [0.2, 0.25) is 0 Å². The van der Waals surface area contributed by atoms with E-state index in [0.29, 0.717) is 5.92 Å². The molecular formula is C23H32N6O. The van der Waals surface area contributed by atoms with E-state index in [1.807, 2.05) is 32.3 Å². The highest BCUT2D eigenvalue weighted by atomic mass is 16.1. The molecule has 160 valence electrons. The van der Waals surface area contributed by atoms with Gasteiger partial charge in [-0.2, -0.15) is 5.10 Å². The third-order valence-electron chi connectivity index (χ3n) is 6.92. The van der Waals surface area contributed by atoms with Gasteiger partial charge in [0.25, 0.3) is 0 Å². The molecule has 0 radical (unpaired) electrons. The molecule has 1 aliphatic carbocycles. The maximum absolute atomic E-state index is 13.5. The Hall–Kier alpha value is -2.41. The van der Waals surface area contributed by atoms with E-state index in [1.54, 1.807) is 0 Å². The van der Waals surface area contributed by atoms with Crippen LogP contribution in [0.25, 0.3) is 11.2 Å². The van der Waals surface area contributed by atoms with Gasteiger partial charge in [0.05, 0.1) is 17.8 Å². The van der Waals surface area contributed by atoms with Crippen LogP contribution in [0.15, 0.2) is 35.5 Å². The highest BCUT2D eigenvalue weighted by Crippen LogP contribution is 2.28. The van der Waals surface area contributed by atoms with Crippen molar-refractivity contribution in [3.05, 3.63) is 46.8 Å². The smallest absolute Gasteiger partial charge is 0.297 e. The molecule has 7 heteroatoms. The molecule has 3 aromatic rings. The number of fused-ring (bicyclic) bond motifs is 1. The van der Waals surface area contributed by atoms with Gasteiger partial charge in [-0.25, -0.2) is 9.78 Å². The van der Waals surface area contributed by atoms with Gasteiger partial charge in [0.15, 0.2) is 5.65 Å². The van der Waals surface area contributed by atoms with Crippen molar-refractivity contribution in [3.63, 3.8) is 0 Å². The lowest BCUT2D eigenvalue weighted by Crippen LogP contribution is -2.31. The summed E-state index contributed by atoms with van der Waals surface area (Å²) in [6.45, 7) is 6.60. The fraction of sp³-hybridized carbons (Fsp3) is 0.609. The number of hydrogen-bond acceptors (Lipinski definition) is 4. The molecule has 4 heterocycles. The van der Waals surface area contributed by atoms with Crippen LogP contribution in [-0.4, -0.2) is 41.9 Å². The Morgan fingerprint density at radius 2 is 2.03 bits per heavy atom. The molecule has 1 atom stereocenters. The molecule has 1 saturated carbocycles. The standard InChI is InChI=1S/C23H32N6O/c1-2-27-15-19(13-25-27)14-26-12-10-20(17-26)29-22-21(9-6-11-24-22)28(23(29)30)16-18-7-4-3-5-8-18/h6,9,11,13,15,18,20H,2-5,7-8,10,12,14,16-17H2,1H3/t20-/m1/s1. The summed E-state index contributed by atoms with van der Waals surface area (Å²) in [6, 6.07) is 4.20. The summed E-state index contributed by atoms with van der Waals surface area (Å²) in [5.74, 6) is 0.617. The number of nitrogens with zero attached hydrogens (tertiary/aromatic N) is 6. The van der Waals surface area contributed by atoms with Crippen molar-refractivity contribution < 1.29 is 0 Å². The first kappa shape index (κ1) is 19.5. The highest BCUT2D eigenvalue weighted by molar-refractivity contribution is 5.71. The first-order valence-electron chi connectivity index (χ1n) is 11.5. The minimum Gasteiger partial charge on any atom is -0.297 e. The number of aryl methyl sites for hydroxylation is 1. The molecule has 3 aromatic heterocycles. The van der Waals surface area contributed by atoms with E-state index >= 15 is 0 Å². The van der Waals surface area contributed by atoms with E-state index < -0.39 is 0 Å². The number of pyridine rings is 1. The minimum absolute atomic E-state index is 0.125. The topological polar surface area (TPSA) is 60.9 Å². The Labute approximate surface area is 177 Å².